The molecular weight excluding hydrogens is 434 g/mol. The third kappa shape index (κ3) is 3.68. The highest BCUT2D eigenvalue weighted by atomic mass is 32.2. The maximum absolute atomic E-state index is 13.5. The lowest BCUT2D eigenvalue weighted by molar-refractivity contribution is 0.100. The maximum atomic E-state index is 13.5. The van der Waals surface area contributed by atoms with Gasteiger partial charge in [-0.1, -0.05) is 48.2 Å². The van der Waals surface area contributed by atoms with Gasteiger partial charge >= 0.3 is 0 Å². The SMILES string of the molecule is Cc1ccc(C)c(-n2c(=O)c3ccccc3n3c(SCc4ccc(C(N)=O)cc4)nnc23)c1. The van der Waals surface area contributed by atoms with Crippen LogP contribution in [0.1, 0.15) is 27.0 Å². The van der Waals surface area contributed by atoms with Crippen LogP contribution in [0.15, 0.2) is 76.7 Å². The number of carbonyl (C=O) groups excluding carboxylic acids is 1. The Morgan fingerprint density at radius 3 is 2.52 bits per heavy atom. The van der Waals surface area contributed by atoms with Gasteiger partial charge in [-0.15, -0.1) is 10.2 Å². The van der Waals surface area contributed by atoms with E-state index in [0.717, 1.165) is 27.9 Å². The summed E-state index contributed by atoms with van der Waals surface area (Å²) >= 11 is 1.51. The zero-order valence-electron chi connectivity index (χ0n) is 18.1. The number of aryl methyl sites for hydroxylation is 2. The van der Waals surface area contributed by atoms with Crippen LogP contribution in [-0.4, -0.2) is 25.1 Å². The summed E-state index contributed by atoms with van der Waals surface area (Å²) in [7, 11) is 0. The number of nitrogens with two attached hydrogens (primary N) is 1. The molecule has 7 nitrogen and oxygen atoms in total. The Morgan fingerprint density at radius 1 is 1.00 bits per heavy atom. The normalized spacial score (nSPS) is 11.3. The summed E-state index contributed by atoms with van der Waals surface area (Å²) in [6, 6.07) is 20.7. The smallest absolute Gasteiger partial charge is 0.267 e. The second-order valence-electron chi connectivity index (χ2n) is 7.92. The molecule has 0 aliphatic heterocycles. The van der Waals surface area contributed by atoms with Gasteiger partial charge in [-0.05, 0) is 60.9 Å². The molecule has 164 valence electrons. The fraction of sp³-hybridized carbons (Fsp3) is 0.120. The van der Waals surface area contributed by atoms with Crippen LogP contribution in [0.4, 0.5) is 0 Å². The fourth-order valence-corrected chi connectivity index (χ4v) is 4.76. The molecule has 0 bridgehead atoms. The minimum atomic E-state index is -0.450. The van der Waals surface area contributed by atoms with Crippen molar-refractivity contribution in [2.45, 2.75) is 24.8 Å². The van der Waals surface area contributed by atoms with Crippen LogP contribution in [-0.2, 0) is 5.75 Å². The molecule has 5 rings (SSSR count). The third-order valence-corrected chi connectivity index (χ3v) is 6.61. The van der Waals surface area contributed by atoms with Crippen molar-refractivity contribution in [1.82, 2.24) is 19.2 Å². The minimum Gasteiger partial charge on any atom is -0.366 e. The number of carbonyl (C=O) groups is 1. The lowest BCUT2D eigenvalue weighted by Crippen LogP contribution is -2.22. The van der Waals surface area contributed by atoms with E-state index in [0.29, 0.717) is 27.6 Å². The average molecular weight is 456 g/mol. The molecule has 0 atom stereocenters. The van der Waals surface area contributed by atoms with Crippen LogP contribution >= 0.6 is 11.8 Å². The number of rotatable bonds is 5. The highest BCUT2D eigenvalue weighted by molar-refractivity contribution is 7.98. The molecule has 2 aromatic heterocycles. The first-order valence-electron chi connectivity index (χ1n) is 10.4. The number of amides is 1. The maximum Gasteiger partial charge on any atom is 0.267 e. The van der Waals surface area contributed by atoms with Gasteiger partial charge in [-0.3, -0.25) is 14.0 Å². The quantitative estimate of drug-likeness (QED) is 0.404. The predicted molar refractivity (Wildman–Crippen MR) is 130 cm³/mol. The standard InChI is InChI=1S/C25H21N5O2S/c1-15-7-8-16(2)21(13-15)29-23(32)19-5-3-4-6-20(19)30-24(29)27-28-25(30)33-14-17-9-11-18(12-10-17)22(26)31/h3-13H,14H2,1-2H3,(H2,26,31). The molecule has 0 fully saturated rings. The summed E-state index contributed by atoms with van der Waals surface area (Å²) < 4.78 is 3.57. The van der Waals surface area contributed by atoms with Crippen LogP contribution in [0.5, 0.6) is 0 Å². The Kier molecular flexibility index (Phi) is 5.22. The summed E-state index contributed by atoms with van der Waals surface area (Å²) in [5.41, 5.74) is 10.3. The minimum absolute atomic E-state index is 0.127. The predicted octanol–water partition coefficient (Wildman–Crippen LogP) is 4.04. The molecule has 8 heteroatoms. The number of nitrogens with zero attached hydrogens (tertiary/aromatic N) is 4. The lowest BCUT2D eigenvalue weighted by Gasteiger charge is -2.14. The zero-order chi connectivity index (χ0) is 23.1. The number of benzene rings is 3. The van der Waals surface area contributed by atoms with E-state index in [1.807, 2.05) is 72.8 Å². The van der Waals surface area contributed by atoms with Crippen molar-refractivity contribution in [3.63, 3.8) is 0 Å². The van der Waals surface area contributed by atoms with E-state index in [9.17, 15) is 9.59 Å². The van der Waals surface area contributed by atoms with Gasteiger partial charge in [0.2, 0.25) is 11.7 Å². The molecule has 0 saturated carbocycles. The summed E-state index contributed by atoms with van der Waals surface area (Å²) in [5, 5.41) is 10.1. The molecule has 0 radical (unpaired) electrons. The fourth-order valence-electron chi connectivity index (χ4n) is 3.86. The van der Waals surface area contributed by atoms with Gasteiger partial charge in [0.25, 0.3) is 5.56 Å². The van der Waals surface area contributed by atoms with Crippen molar-refractivity contribution in [3.8, 4) is 5.69 Å². The van der Waals surface area contributed by atoms with Crippen LogP contribution in [0.25, 0.3) is 22.4 Å². The number of thioether (sulfide) groups is 1. The van der Waals surface area contributed by atoms with Crippen molar-refractivity contribution in [1.29, 1.82) is 0 Å². The molecule has 33 heavy (non-hydrogen) atoms. The van der Waals surface area contributed by atoms with Crippen LogP contribution in [0, 0.1) is 13.8 Å². The van der Waals surface area contributed by atoms with E-state index in [-0.39, 0.29) is 5.56 Å². The van der Waals surface area contributed by atoms with E-state index in [1.165, 1.54) is 11.8 Å². The van der Waals surface area contributed by atoms with E-state index in [1.54, 1.807) is 16.7 Å². The monoisotopic (exact) mass is 455 g/mol. The van der Waals surface area contributed by atoms with Crippen molar-refractivity contribution in [3.05, 3.63) is 99.3 Å². The molecule has 0 unspecified atom stereocenters. The molecule has 2 N–H and O–H groups in total. The van der Waals surface area contributed by atoms with Crippen molar-refractivity contribution in [2.75, 3.05) is 0 Å². The molecule has 2 heterocycles. The first kappa shape index (κ1) is 21.0. The Bertz CT molecular complexity index is 1590. The number of hydrogen-bond acceptors (Lipinski definition) is 5. The molecule has 0 spiro atoms. The van der Waals surface area contributed by atoms with Crippen LogP contribution < -0.4 is 11.3 Å². The first-order chi connectivity index (χ1) is 15.9. The van der Waals surface area contributed by atoms with Crippen molar-refractivity contribution < 1.29 is 4.79 Å². The largest absolute Gasteiger partial charge is 0.366 e. The molecule has 5 aromatic rings. The van der Waals surface area contributed by atoms with Crippen LogP contribution in [0.2, 0.25) is 0 Å². The van der Waals surface area contributed by atoms with Gasteiger partial charge in [-0.25, -0.2) is 4.57 Å². The lowest BCUT2D eigenvalue weighted by atomic mass is 10.1. The Balaban J connectivity index is 1.66. The molecule has 0 aliphatic rings. The van der Waals surface area contributed by atoms with Gasteiger partial charge in [0, 0.05) is 11.3 Å². The van der Waals surface area contributed by atoms with Gasteiger partial charge in [0.15, 0.2) is 5.16 Å². The molecule has 0 aliphatic carbocycles. The average Bonchev–Trinajstić information content (AvgIpc) is 3.24. The van der Waals surface area contributed by atoms with E-state index in [4.69, 9.17) is 5.73 Å². The van der Waals surface area contributed by atoms with E-state index in [2.05, 4.69) is 10.2 Å². The van der Waals surface area contributed by atoms with Gasteiger partial charge in [0.1, 0.15) is 0 Å². The molecule has 0 saturated heterocycles. The number of primary amides is 1. The number of para-hydroxylation sites is 1. The molecular formula is C25H21N5O2S. The summed E-state index contributed by atoms with van der Waals surface area (Å²) in [4.78, 5) is 24.8. The molecule has 1 amide bonds. The third-order valence-electron chi connectivity index (χ3n) is 5.61. The van der Waals surface area contributed by atoms with Gasteiger partial charge in [-0.2, -0.15) is 0 Å². The summed E-state index contributed by atoms with van der Waals surface area (Å²) in [6.07, 6.45) is 0. The molecule has 3 aromatic carbocycles. The van der Waals surface area contributed by atoms with Crippen molar-refractivity contribution in [2.24, 2.45) is 5.73 Å². The second kappa shape index (κ2) is 8.22. The summed E-state index contributed by atoms with van der Waals surface area (Å²) in [6.45, 7) is 3.98. The van der Waals surface area contributed by atoms with Gasteiger partial charge < -0.3 is 5.73 Å². The first-order valence-corrected chi connectivity index (χ1v) is 11.4. The number of hydrogen-bond donors (Lipinski definition) is 1. The Labute approximate surface area is 193 Å². The summed E-state index contributed by atoms with van der Waals surface area (Å²) in [5.74, 6) is 0.643. The zero-order valence-corrected chi connectivity index (χ0v) is 19.0. The van der Waals surface area contributed by atoms with Crippen LogP contribution in [0.3, 0.4) is 0 Å². The van der Waals surface area contributed by atoms with Gasteiger partial charge in [0.05, 0.1) is 16.6 Å². The number of fused-ring (bicyclic) bond motifs is 3. The van der Waals surface area contributed by atoms with E-state index >= 15 is 0 Å². The Hall–Kier alpha value is -3.91. The van der Waals surface area contributed by atoms with Crippen molar-refractivity contribution >= 4 is 34.3 Å². The second-order valence-corrected chi connectivity index (χ2v) is 8.86. The highest BCUT2D eigenvalue weighted by Crippen LogP contribution is 2.26. The van der Waals surface area contributed by atoms with E-state index < -0.39 is 5.91 Å². The number of aromatic nitrogens is 4. The highest BCUT2D eigenvalue weighted by Gasteiger charge is 2.19. The Morgan fingerprint density at radius 2 is 1.76 bits per heavy atom. The topological polar surface area (TPSA) is 95.3 Å².